The summed E-state index contributed by atoms with van der Waals surface area (Å²) in [4.78, 5) is 175. The number of aryl methyl sites for hydroxylation is 5. The van der Waals surface area contributed by atoms with Crippen LogP contribution in [0.3, 0.4) is 0 Å². The van der Waals surface area contributed by atoms with Crippen molar-refractivity contribution in [1.29, 1.82) is 0 Å². The highest BCUT2D eigenvalue weighted by Gasteiger charge is 2.47. The number of carbonyl (C=O) groups excluding carboxylic acids is 8. The monoisotopic (exact) mass is 2040 g/mol. The third-order valence-corrected chi connectivity index (χ3v) is 29.9. The Morgan fingerprint density at radius 1 is 0.392 bits per heavy atom. The van der Waals surface area contributed by atoms with Gasteiger partial charge < -0.3 is 66.0 Å². The van der Waals surface area contributed by atoms with Crippen LogP contribution in [0, 0.1) is 27.7 Å². The van der Waals surface area contributed by atoms with E-state index in [-0.39, 0.29) is 128 Å². The number of carbonyl (C=O) groups is 12. The SMILES string of the molecule is CCc1cc(C(=O)O)cc(NC(=O)[C@H]2CCC(=O)N2C2CCN(Cc3ccc(Cl)c(C)c3)CC2)n1.COc1ccc(NC(=O)[C@H]2CCC(=O)N2C2CCN(Cc3ccc(Cl)c(C)c3)CC2)cc1C(=O)O.Cc1cc(CN2CCC(N3C(=O)CC[C@@H]3C(=O)Nc3cc(C(=O)O)cc(C(C)(C)C)c3)CC2)ccc1Cl.Cc1cc(CN2CCC(N3C(=O)CC[C@@H]3C(=O)Nc3cc(C(=O)O)cc(C(C)C)n3)CC2)ccc1Cl.[HH].[HH].[HH].[HH]. The number of piperidine rings is 4. The van der Waals surface area contributed by atoms with Gasteiger partial charge in [-0.2, -0.15) is 0 Å². The van der Waals surface area contributed by atoms with Gasteiger partial charge in [-0.15, -0.1) is 0 Å². The molecular weight excluding hydrogens is 1910 g/mol. The number of hydrogen-bond donors (Lipinski definition) is 8. The lowest BCUT2D eigenvalue weighted by Crippen LogP contribution is -2.51. The zero-order chi connectivity index (χ0) is 103. The first-order valence-electron chi connectivity index (χ1n) is 49.2. The van der Waals surface area contributed by atoms with Gasteiger partial charge in [0.05, 0.1) is 23.8 Å². The standard InChI is InChI=1S/C29H36ClN3O4.C27H33ClN4O4.C26H31ClN4O4.C26H30ClN3O5.4H2/c1-18-13-19(5-6-24(18)30)17-32-11-9-23(10-12-32)33-25(7-8-26(33)34)27(35)31-22-15-20(28(36)37)14-21(16-22)29(2,3)4;1-16(2)22-13-19(27(35)36)14-24(29-22)30-26(34)23-6-7-25(33)32(23)20-8-10-31(11-9-20)15-18-4-5-21(28)17(3)12-18;1-3-19-13-18(26(34)35)14-23(28-19)29-25(33)22-6-7-24(32)31(22)20-8-10-30(11-9-20)15-17-4-5-21(27)16(2)12-17;1-16-13-17(3-5-21(16)27)15-29-11-9-19(10-12-29)30-22(6-8-24(30)31)25(32)28-18-4-7-23(35-2)20(14-18)26(33)34;;;;/h5-6,13-16,23,25H,7-12,17H2,1-4H3,(H,31,35)(H,36,37);4-5,12-14,16,20,23H,6-11,15H2,1-3H3,(H,35,36)(H,29,30,34);4-5,12-14,20,22H,3,6-11,15H2,1-2H3,(H,34,35)(H,28,29,33);3-5,7,13-14,19,22H,6,8-12,15H2,1-2H3,(H,28,32)(H,33,34);4*1H/t25-;23-;2*22-;;;;/m1111..../s1. The Kier molecular flexibility index (Phi) is 36.8. The van der Waals surface area contributed by atoms with E-state index in [0.717, 1.165) is 178 Å². The van der Waals surface area contributed by atoms with Gasteiger partial charge in [0.1, 0.15) is 47.1 Å². The number of anilines is 4. The third-order valence-electron chi connectivity index (χ3n) is 28.2. The lowest BCUT2D eigenvalue weighted by atomic mass is 9.85. The zero-order valence-corrected chi connectivity index (χ0v) is 86.0. The number of carboxylic acid groups (broad SMARTS) is 4. The van der Waals surface area contributed by atoms with Crippen molar-refractivity contribution >= 4 is 141 Å². The molecule has 770 valence electrons. The van der Waals surface area contributed by atoms with Crippen LogP contribution in [-0.4, -0.2) is 249 Å². The summed E-state index contributed by atoms with van der Waals surface area (Å²) in [6.45, 7) is 29.7. The number of nitrogens with one attached hydrogen (secondary N) is 4. The predicted molar refractivity (Wildman–Crippen MR) is 558 cm³/mol. The summed E-state index contributed by atoms with van der Waals surface area (Å²) in [7, 11) is 1.39. The smallest absolute Gasteiger partial charge is 0.339 e. The number of carboxylic acids is 4. The Morgan fingerprint density at radius 2 is 0.706 bits per heavy atom. The lowest BCUT2D eigenvalue weighted by Gasteiger charge is -2.39. The van der Waals surface area contributed by atoms with E-state index in [0.29, 0.717) is 80.6 Å². The highest BCUT2D eigenvalue weighted by Crippen LogP contribution is 2.38. The fourth-order valence-electron chi connectivity index (χ4n) is 20.4. The van der Waals surface area contributed by atoms with E-state index in [1.54, 1.807) is 31.7 Å². The quantitative estimate of drug-likeness (QED) is 0.0237. The molecule has 8 amide bonds. The zero-order valence-electron chi connectivity index (χ0n) is 83.0. The molecule has 2 aromatic heterocycles. The summed E-state index contributed by atoms with van der Waals surface area (Å²) in [5.41, 5.74) is 11.9. The summed E-state index contributed by atoms with van der Waals surface area (Å²) >= 11 is 24.6. The molecule has 8 saturated heterocycles. The van der Waals surface area contributed by atoms with E-state index in [1.165, 1.54) is 71.8 Å². The van der Waals surface area contributed by atoms with Gasteiger partial charge in [-0.3, -0.25) is 58.0 Å². The van der Waals surface area contributed by atoms with Crippen molar-refractivity contribution in [3.05, 3.63) is 237 Å². The van der Waals surface area contributed by atoms with E-state index in [1.807, 2.05) is 118 Å². The van der Waals surface area contributed by atoms with Crippen LogP contribution in [0.25, 0.3) is 0 Å². The normalized spacial score (nSPS) is 19.2. The second kappa shape index (κ2) is 48.6. The molecule has 0 spiro atoms. The van der Waals surface area contributed by atoms with Gasteiger partial charge in [0, 0.05) is 177 Å². The molecule has 35 heteroatoms. The Hall–Kier alpha value is -11.9. The summed E-state index contributed by atoms with van der Waals surface area (Å²) in [5.74, 6) is -4.87. The largest absolute Gasteiger partial charge is 0.496 e. The average molecular weight is 2050 g/mol. The number of likely N-dealkylation sites (tertiary alicyclic amines) is 8. The van der Waals surface area contributed by atoms with Crippen LogP contribution in [0.15, 0.2) is 133 Å². The Balaban J connectivity index is 0.000000216. The predicted octanol–water partition coefficient (Wildman–Crippen LogP) is 18.5. The van der Waals surface area contributed by atoms with Crippen LogP contribution in [0.1, 0.15) is 259 Å². The minimum absolute atomic E-state index is 0. The van der Waals surface area contributed by atoms with E-state index >= 15 is 0 Å². The lowest BCUT2D eigenvalue weighted by molar-refractivity contribution is -0.136. The minimum atomic E-state index is -1.14. The summed E-state index contributed by atoms with van der Waals surface area (Å²) in [6.07, 6.45) is 10.2. The van der Waals surface area contributed by atoms with Gasteiger partial charge in [-0.25, -0.2) is 29.1 Å². The fraction of sp³-hybridized carbons (Fsp3) is 0.463. The van der Waals surface area contributed by atoms with Crippen molar-refractivity contribution < 1.29 is 88.4 Å². The molecule has 8 N–H and O–H groups in total. The van der Waals surface area contributed by atoms with Crippen molar-refractivity contribution in [2.24, 2.45) is 0 Å². The van der Waals surface area contributed by atoms with Gasteiger partial charge in [0.25, 0.3) is 0 Å². The number of aromatic carboxylic acids is 4. The Labute approximate surface area is 861 Å². The van der Waals surface area contributed by atoms with Crippen LogP contribution in [-0.2, 0) is 76.4 Å². The molecule has 8 aliphatic rings. The first-order chi connectivity index (χ1) is 68.0. The second-order valence-electron chi connectivity index (χ2n) is 39.8. The van der Waals surface area contributed by atoms with Crippen LogP contribution in [0.4, 0.5) is 23.0 Å². The molecule has 31 nitrogen and oxygen atoms in total. The molecule has 16 rings (SSSR count). The van der Waals surface area contributed by atoms with Crippen molar-refractivity contribution in [3.8, 4) is 5.75 Å². The third kappa shape index (κ3) is 28.2. The first kappa shape index (κ1) is 108. The van der Waals surface area contributed by atoms with Crippen LogP contribution < -0.4 is 26.0 Å². The van der Waals surface area contributed by atoms with E-state index in [4.69, 9.17) is 51.1 Å². The molecule has 8 aliphatic heterocycles. The summed E-state index contributed by atoms with van der Waals surface area (Å²) in [6, 6.07) is 37.3. The second-order valence-corrected chi connectivity index (χ2v) is 41.5. The first-order valence-corrected chi connectivity index (χ1v) is 50.7. The number of benzene rings is 6. The highest BCUT2D eigenvalue weighted by atomic mass is 35.5. The minimum Gasteiger partial charge on any atom is -0.496 e. The number of pyridine rings is 2. The van der Waals surface area contributed by atoms with Crippen molar-refractivity contribution in [3.63, 3.8) is 0 Å². The number of amides is 8. The molecule has 8 aromatic rings. The molecule has 0 radical (unpaired) electrons. The van der Waals surface area contributed by atoms with Gasteiger partial charge in [-0.1, -0.05) is 136 Å². The number of rotatable bonds is 27. The Morgan fingerprint density at radius 3 is 1.01 bits per heavy atom. The van der Waals surface area contributed by atoms with Gasteiger partial charge >= 0.3 is 23.9 Å². The number of aromatic nitrogens is 2. The van der Waals surface area contributed by atoms with Crippen LogP contribution in [0.5, 0.6) is 5.75 Å². The number of nitrogens with zero attached hydrogens (tertiary/aromatic N) is 10. The molecule has 0 bridgehead atoms. The number of ether oxygens (including phenoxy) is 1. The molecule has 6 aromatic carbocycles. The molecule has 143 heavy (non-hydrogen) atoms. The average Bonchev–Trinajstić information content (AvgIpc) is 1.70. The molecular formula is C108H138Cl4N14O17. The molecule has 4 atom stereocenters. The van der Waals surface area contributed by atoms with Crippen molar-refractivity contribution in [2.75, 3.05) is 80.7 Å². The van der Waals surface area contributed by atoms with Crippen LogP contribution >= 0.6 is 46.4 Å². The molecule has 0 aliphatic carbocycles. The van der Waals surface area contributed by atoms with E-state index < -0.39 is 48.0 Å². The van der Waals surface area contributed by atoms with Gasteiger partial charge in [0.15, 0.2) is 0 Å². The summed E-state index contributed by atoms with van der Waals surface area (Å²) < 4.78 is 5.08. The molecule has 0 saturated carbocycles. The van der Waals surface area contributed by atoms with Crippen LogP contribution in [0.2, 0.25) is 20.1 Å². The van der Waals surface area contributed by atoms with E-state index in [9.17, 15) is 78.0 Å². The number of methoxy groups -OCH3 is 1. The number of hydrogen-bond acceptors (Lipinski definition) is 19. The molecule has 0 unspecified atom stereocenters. The summed E-state index contributed by atoms with van der Waals surface area (Å²) in [5, 5.41) is 52.1. The highest BCUT2D eigenvalue weighted by molar-refractivity contribution is 6.32. The molecule has 10 heterocycles. The van der Waals surface area contributed by atoms with Crippen molar-refractivity contribution in [2.45, 2.75) is 264 Å². The molecule has 8 fully saturated rings. The topological polar surface area (TPSA) is 395 Å². The maximum absolute atomic E-state index is 13.3. The van der Waals surface area contributed by atoms with Crippen molar-refractivity contribution in [1.82, 2.24) is 49.2 Å². The Bertz CT molecular complexity index is 6090. The number of halogens is 4. The van der Waals surface area contributed by atoms with E-state index in [2.05, 4.69) is 81.2 Å². The maximum Gasteiger partial charge on any atom is 0.339 e. The maximum atomic E-state index is 13.3. The fourth-order valence-corrected chi connectivity index (χ4v) is 20.9. The van der Waals surface area contributed by atoms with Gasteiger partial charge in [-0.05, 0) is 257 Å². The van der Waals surface area contributed by atoms with Gasteiger partial charge in [0.2, 0.25) is 47.3 Å².